The lowest BCUT2D eigenvalue weighted by atomic mass is 10.1. The topological polar surface area (TPSA) is 39.1 Å². The van der Waals surface area contributed by atoms with Crippen LogP contribution in [0.25, 0.3) is 0 Å². The van der Waals surface area contributed by atoms with E-state index in [0.29, 0.717) is 5.56 Å². The second-order valence-electron chi connectivity index (χ2n) is 2.99. The first kappa shape index (κ1) is 9.40. The van der Waals surface area contributed by atoms with Crippen molar-refractivity contribution in [2.24, 2.45) is 0 Å². The highest BCUT2D eigenvalue weighted by Gasteiger charge is 2.03. The summed E-state index contributed by atoms with van der Waals surface area (Å²) in [5.74, 6) is 0. The van der Waals surface area contributed by atoms with Crippen molar-refractivity contribution in [1.29, 1.82) is 5.26 Å². The maximum Gasteiger partial charge on any atom is 0.101 e. The molecular formula is C10H13N3. The lowest BCUT2D eigenvalue weighted by molar-refractivity contribution is 1.12. The Balaban J connectivity index is 3.18. The van der Waals surface area contributed by atoms with E-state index in [-0.39, 0.29) is 0 Å². The van der Waals surface area contributed by atoms with Gasteiger partial charge in [0.25, 0.3) is 0 Å². The molecule has 13 heavy (non-hydrogen) atoms. The van der Waals surface area contributed by atoms with Gasteiger partial charge in [-0.2, -0.15) is 5.26 Å². The van der Waals surface area contributed by atoms with Gasteiger partial charge in [-0.3, -0.25) is 0 Å². The Morgan fingerprint density at radius 3 is 2.54 bits per heavy atom. The SMILES string of the molecule is CNc1ccc(N(C)C)c(C#N)c1. The van der Waals surface area contributed by atoms with E-state index in [2.05, 4.69) is 11.4 Å². The standard InChI is InChI=1S/C10H13N3/c1-12-9-4-5-10(13(2)3)8(6-9)7-11/h4-6,12H,1-3H3. The van der Waals surface area contributed by atoms with Gasteiger partial charge in [0.2, 0.25) is 0 Å². The van der Waals surface area contributed by atoms with Crippen LogP contribution in [0.4, 0.5) is 11.4 Å². The van der Waals surface area contributed by atoms with E-state index < -0.39 is 0 Å². The van der Waals surface area contributed by atoms with E-state index in [9.17, 15) is 0 Å². The second kappa shape index (κ2) is 3.81. The van der Waals surface area contributed by atoms with Crippen LogP contribution in [-0.2, 0) is 0 Å². The van der Waals surface area contributed by atoms with E-state index >= 15 is 0 Å². The molecule has 0 bridgehead atoms. The first-order valence-corrected chi connectivity index (χ1v) is 4.08. The molecule has 1 N–H and O–H groups in total. The molecule has 1 aromatic carbocycles. The summed E-state index contributed by atoms with van der Waals surface area (Å²) in [5.41, 5.74) is 2.60. The van der Waals surface area contributed by atoms with Crippen molar-refractivity contribution >= 4 is 11.4 Å². The average Bonchev–Trinajstić information content (AvgIpc) is 2.16. The van der Waals surface area contributed by atoms with Crippen molar-refractivity contribution in [3.63, 3.8) is 0 Å². The first-order chi connectivity index (χ1) is 6.19. The molecule has 1 rings (SSSR count). The summed E-state index contributed by atoms with van der Waals surface area (Å²) in [7, 11) is 5.69. The van der Waals surface area contributed by atoms with Crippen LogP contribution < -0.4 is 10.2 Å². The Bertz CT molecular complexity index is 337. The van der Waals surface area contributed by atoms with Crippen molar-refractivity contribution in [2.75, 3.05) is 31.4 Å². The fourth-order valence-electron chi connectivity index (χ4n) is 1.17. The maximum absolute atomic E-state index is 8.88. The minimum atomic E-state index is 0.692. The van der Waals surface area contributed by atoms with Gasteiger partial charge in [0, 0.05) is 26.8 Å². The predicted molar refractivity (Wildman–Crippen MR) is 55.0 cm³/mol. The second-order valence-corrected chi connectivity index (χ2v) is 2.99. The van der Waals surface area contributed by atoms with Crippen LogP contribution in [0.2, 0.25) is 0 Å². The lowest BCUT2D eigenvalue weighted by Gasteiger charge is -2.14. The number of nitrogens with one attached hydrogen (secondary N) is 1. The highest BCUT2D eigenvalue weighted by Crippen LogP contribution is 2.21. The van der Waals surface area contributed by atoms with Crippen LogP contribution >= 0.6 is 0 Å². The molecule has 0 aliphatic heterocycles. The average molecular weight is 175 g/mol. The molecule has 0 saturated carbocycles. The molecule has 3 heteroatoms. The molecule has 0 atom stereocenters. The van der Waals surface area contributed by atoms with Crippen molar-refractivity contribution < 1.29 is 0 Å². The predicted octanol–water partition coefficient (Wildman–Crippen LogP) is 1.67. The Kier molecular flexibility index (Phi) is 2.76. The zero-order chi connectivity index (χ0) is 9.84. The molecule has 1 aromatic rings. The van der Waals surface area contributed by atoms with Crippen LogP contribution in [-0.4, -0.2) is 21.1 Å². The van der Waals surface area contributed by atoms with Gasteiger partial charge in [-0.05, 0) is 18.2 Å². The summed E-state index contributed by atoms with van der Waals surface area (Å²) >= 11 is 0. The molecule has 0 aromatic heterocycles. The quantitative estimate of drug-likeness (QED) is 0.743. The van der Waals surface area contributed by atoms with E-state index in [1.165, 1.54) is 0 Å². The van der Waals surface area contributed by atoms with Gasteiger partial charge in [-0.25, -0.2) is 0 Å². The van der Waals surface area contributed by atoms with Gasteiger partial charge < -0.3 is 10.2 Å². The zero-order valence-electron chi connectivity index (χ0n) is 8.13. The lowest BCUT2D eigenvalue weighted by Crippen LogP contribution is -2.10. The minimum absolute atomic E-state index is 0.692. The summed E-state index contributed by atoms with van der Waals surface area (Å²) in [4.78, 5) is 1.93. The van der Waals surface area contributed by atoms with Crippen LogP contribution in [0.15, 0.2) is 18.2 Å². The summed E-state index contributed by atoms with van der Waals surface area (Å²) < 4.78 is 0. The van der Waals surface area contributed by atoms with E-state index in [1.807, 2.05) is 44.2 Å². The Labute approximate surface area is 78.6 Å². The fraction of sp³-hybridized carbons (Fsp3) is 0.300. The number of nitriles is 1. The fourth-order valence-corrected chi connectivity index (χ4v) is 1.17. The van der Waals surface area contributed by atoms with Crippen LogP contribution in [0.5, 0.6) is 0 Å². The Morgan fingerprint density at radius 2 is 2.08 bits per heavy atom. The largest absolute Gasteiger partial charge is 0.388 e. The summed E-state index contributed by atoms with van der Waals surface area (Å²) in [5, 5.41) is 11.9. The molecule has 0 unspecified atom stereocenters. The van der Waals surface area contributed by atoms with Gasteiger partial charge >= 0.3 is 0 Å². The summed E-state index contributed by atoms with van der Waals surface area (Å²) in [6, 6.07) is 7.90. The molecule has 0 aliphatic carbocycles. The summed E-state index contributed by atoms with van der Waals surface area (Å²) in [6.07, 6.45) is 0. The van der Waals surface area contributed by atoms with Crippen molar-refractivity contribution in [2.45, 2.75) is 0 Å². The van der Waals surface area contributed by atoms with Gasteiger partial charge in [-0.15, -0.1) is 0 Å². The molecule has 0 saturated heterocycles. The summed E-state index contributed by atoms with van der Waals surface area (Å²) in [6.45, 7) is 0. The normalized spacial score (nSPS) is 9.08. The molecule has 0 radical (unpaired) electrons. The number of hydrogen-bond donors (Lipinski definition) is 1. The molecule has 0 spiro atoms. The number of nitrogens with zero attached hydrogens (tertiary/aromatic N) is 2. The maximum atomic E-state index is 8.88. The molecule has 0 heterocycles. The molecule has 68 valence electrons. The number of anilines is 2. The van der Waals surface area contributed by atoms with E-state index in [4.69, 9.17) is 5.26 Å². The highest BCUT2D eigenvalue weighted by molar-refractivity contribution is 5.64. The minimum Gasteiger partial charge on any atom is -0.388 e. The monoisotopic (exact) mass is 175 g/mol. The number of benzene rings is 1. The number of hydrogen-bond acceptors (Lipinski definition) is 3. The third kappa shape index (κ3) is 1.91. The van der Waals surface area contributed by atoms with Crippen LogP contribution in [0.1, 0.15) is 5.56 Å². The van der Waals surface area contributed by atoms with Crippen molar-refractivity contribution in [3.05, 3.63) is 23.8 Å². The third-order valence-electron chi connectivity index (χ3n) is 1.89. The van der Waals surface area contributed by atoms with Gasteiger partial charge in [0.05, 0.1) is 11.3 Å². The first-order valence-electron chi connectivity index (χ1n) is 4.08. The van der Waals surface area contributed by atoms with Crippen LogP contribution in [0.3, 0.4) is 0 Å². The Morgan fingerprint density at radius 1 is 1.38 bits per heavy atom. The van der Waals surface area contributed by atoms with Gasteiger partial charge in [0.15, 0.2) is 0 Å². The van der Waals surface area contributed by atoms with Crippen molar-refractivity contribution in [3.8, 4) is 6.07 Å². The van der Waals surface area contributed by atoms with Gasteiger partial charge in [0.1, 0.15) is 6.07 Å². The third-order valence-corrected chi connectivity index (χ3v) is 1.89. The molecular weight excluding hydrogens is 162 g/mol. The molecule has 0 aliphatic rings. The van der Waals surface area contributed by atoms with Gasteiger partial charge in [-0.1, -0.05) is 0 Å². The molecule has 0 amide bonds. The number of rotatable bonds is 2. The molecule has 0 fully saturated rings. The highest BCUT2D eigenvalue weighted by atomic mass is 15.1. The smallest absolute Gasteiger partial charge is 0.101 e. The molecule has 3 nitrogen and oxygen atoms in total. The van der Waals surface area contributed by atoms with E-state index in [1.54, 1.807) is 0 Å². The zero-order valence-corrected chi connectivity index (χ0v) is 8.13. The van der Waals surface area contributed by atoms with E-state index in [0.717, 1.165) is 11.4 Å². The Hall–Kier alpha value is -1.69. The van der Waals surface area contributed by atoms with Crippen molar-refractivity contribution in [1.82, 2.24) is 0 Å². The van der Waals surface area contributed by atoms with Crippen LogP contribution in [0, 0.1) is 11.3 Å².